The molecule has 45 heavy (non-hydrogen) atoms. The molecule has 13 nitrogen and oxygen atoms in total. The van der Waals surface area contributed by atoms with Gasteiger partial charge in [0.2, 0.25) is 0 Å². The molecule has 4 atom stereocenters. The molecular weight excluding hydrogens is 652 g/mol. The number of carbonyl (C=O) groups is 4. The summed E-state index contributed by atoms with van der Waals surface area (Å²) in [6.45, 7) is -0.447. The standard InChI is InChI=1S/C31H37BrN4O9/c1-35(2)21(9-15(14-37)13-34-30(43)45-19-7-5-18(32)6-8-19)16-10-17-11-20-25(36(3)4)26(39)24(29(33)42)28(41)31(20,44)27(40)23(17)22(38)12-16/h5-9,17,20,25,37,40-41,44H,10-14H2,1-4H3,(H2,33,42)(H,34,43)/b15-9-,21-16+/t17-,20-,25-,31-/m0/s1. The van der Waals surface area contributed by atoms with E-state index in [4.69, 9.17) is 10.5 Å². The molecule has 3 aliphatic rings. The van der Waals surface area contributed by atoms with E-state index in [9.17, 15) is 39.6 Å². The van der Waals surface area contributed by atoms with Crippen LogP contribution < -0.4 is 15.8 Å². The lowest BCUT2D eigenvalue weighted by molar-refractivity contribution is -0.137. The zero-order chi connectivity index (χ0) is 33.4. The Kier molecular flexibility index (Phi) is 9.92. The van der Waals surface area contributed by atoms with Gasteiger partial charge in [-0.1, -0.05) is 15.9 Å². The zero-order valence-corrected chi connectivity index (χ0v) is 26.9. The third kappa shape index (κ3) is 6.41. The molecule has 3 aliphatic carbocycles. The second-order valence-corrected chi connectivity index (χ2v) is 12.7. The maximum Gasteiger partial charge on any atom is 0.412 e. The average molecular weight is 690 g/mol. The number of nitrogens with one attached hydrogen (secondary N) is 1. The van der Waals surface area contributed by atoms with Crippen LogP contribution in [0, 0.1) is 11.8 Å². The van der Waals surface area contributed by atoms with E-state index in [0.29, 0.717) is 22.6 Å². The van der Waals surface area contributed by atoms with E-state index in [2.05, 4.69) is 21.2 Å². The number of aliphatic hydroxyl groups is 4. The molecule has 0 heterocycles. The minimum absolute atomic E-state index is 0.0244. The average Bonchev–Trinajstić information content (AvgIpc) is 2.95. The number of likely N-dealkylation sites (N-methyl/N-ethyl adjacent to an activating group) is 2. The number of hydrogen-bond acceptors (Lipinski definition) is 11. The Morgan fingerprint density at radius 1 is 1.13 bits per heavy atom. The Hall–Kier alpha value is -3.98. The highest BCUT2D eigenvalue weighted by Crippen LogP contribution is 2.53. The van der Waals surface area contributed by atoms with E-state index in [1.54, 1.807) is 63.4 Å². The van der Waals surface area contributed by atoms with Gasteiger partial charge in [-0.25, -0.2) is 4.79 Å². The van der Waals surface area contributed by atoms with E-state index < -0.39 is 70.7 Å². The second kappa shape index (κ2) is 13.2. The summed E-state index contributed by atoms with van der Waals surface area (Å²) in [7, 11) is 6.63. The molecule has 0 spiro atoms. The predicted molar refractivity (Wildman–Crippen MR) is 166 cm³/mol. The molecule has 0 aromatic heterocycles. The first kappa shape index (κ1) is 33.9. The summed E-state index contributed by atoms with van der Waals surface area (Å²) in [5.41, 5.74) is 3.60. The number of fused-ring (bicyclic) bond motifs is 2. The van der Waals surface area contributed by atoms with Crippen LogP contribution in [-0.2, 0) is 14.4 Å². The maximum atomic E-state index is 13.6. The molecule has 1 saturated carbocycles. The third-order valence-electron chi connectivity index (χ3n) is 8.44. The first-order chi connectivity index (χ1) is 21.1. The molecule has 1 aromatic carbocycles. The summed E-state index contributed by atoms with van der Waals surface area (Å²) in [4.78, 5) is 54.5. The number of ether oxygens (including phenoxy) is 1. The first-order valence-electron chi connectivity index (χ1n) is 14.2. The molecule has 1 aromatic rings. The van der Waals surface area contributed by atoms with Crippen molar-refractivity contribution in [3.8, 4) is 5.75 Å². The zero-order valence-electron chi connectivity index (χ0n) is 25.3. The van der Waals surface area contributed by atoms with Crippen LogP contribution >= 0.6 is 15.9 Å². The molecule has 2 amide bonds. The lowest BCUT2D eigenvalue weighted by atomic mass is 9.59. The number of amides is 2. The summed E-state index contributed by atoms with van der Waals surface area (Å²) in [5.74, 6) is -5.81. The van der Waals surface area contributed by atoms with Crippen LogP contribution in [0.4, 0.5) is 4.79 Å². The minimum atomic E-state index is -2.55. The Balaban J connectivity index is 1.66. The number of ketones is 2. The van der Waals surface area contributed by atoms with Gasteiger partial charge in [0.25, 0.3) is 5.91 Å². The van der Waals surface area contributed by atoms with Gasteiger partial charge >= 0.3 is 6.09 Å². The summed E-state index contributed by atoms with van der Waals surface area (Å²) >= 11 is 3.31. The predicted octanol–water partition coefficient (Wildman–Crippen LogP) is 1.62. The van der Waals surface area contributed by atoms with Gasteiger partial charge in [0, 0.05) is 48.7 Å². The summed E-state index contributed by atoms with van der Waals surface area (Å²) in [5, 5.41) is 46.7. The Bertz CT molecular complexity index is 1540. The first-order valence-corrected chi connectivity index (χ1v) is 14.9. The molecule has 0 radical (unpaired) electrons. The molecule has 7 N–H and O–H groups in total. The van der Waals surface area contributed by atoms with Gasteiger partial charge in [-0.15, -0.1) is 0 Å². The van der Waals surface area contributed by atoms with Crippen molar-refractivity contribution < 1.29 is 44.3 Å². The van der Waals surface area contributed by atoms with Gasteiger partial charge in [0.15, 0.2) is 17.2 Å². The normalized spacial score (nSPS) is 26.4. The highest BCUT2D eigenvalue weighted by atomic mass is 79.9. The van der Waals surface area contributed by atoms with Gasteiger partial charge in [0.05, 0.1) is 12.6 Å². The number of nitrogens with zero attached hydrogens (tertiary/aromatic N) is 2. The number of benzene rings is 1. The van der Waals surface area contributed by atoms with Gasteiger partial charge in [-0.3, -0.25) is 19.3 Å². The maximum absolute atomic E-state index is 13.6. The van der Waals surface area contributed by atoms with E-state index in [1.165, 1.54) is 4.90 Å². The molecule has 14 heteroatoms. The van der Waals surface area contributed by atoms with Crippen molar-refractivity contribution in [2.24, 2.45) is 17.6 Å². The minimum Gasteiger partial charge on any atom is -0.508 e. The fraction of sp³-hybridized carbons (Fsp3) is 0.419. The number of carbonyl (C=O) groups excluding carboxylic acids is 4. The quantitative estimate of drug-likeness (QED) is 0.217. The SMILES string of the molecule is CN(C)C(/C=C(\CO)CNC(=O)Oc1ccc(Br)cc1)=C1/CC(=O)C2=C(O)[C@]3(O)C(O)=C(C(N)=O)C(=O)[C@@H](N(C)C)[C@@H]3C[C@@H]2C1. The van der Waals surface area contributed by atoms with Crippen LogP contribution in [0.5, 0.6) is 5.75 Å². The smallest absolute Gasteiger partial charge is 0.412 e. The topological polar surface area (TPSA) is 203 Å². The van der Waals surface area contributed by atoms with Crippen molar-refractivity contribution in [2.75, 3.05) is 41.3 Å². The number of primary amides is 1. The van der Waals surface area contributed by atoms with E-state index in [-0.39, 0.29) is 31.4 Å². The van der Waals surface area contributed by atoms with Crippen LogP contribution in [0.1, 0.15) is 19.3 Å². The number of Topliss-reactive ketones (excluding diaryl/α,β-unsaturated/α-hetero) is 2. The summed E-state index contributed by atoms with van der Waals surface area (Å²) in [6, 6.07) is 5.55. The van der Waals surface area contributed by atoms with Crippen molar-refractivity contribution in [2.45, 2.75) is 30.9 Å². The monoisotopic (exact) mass is 688 g/mol. The van der Waals surface area contributed by atoms with Gasteiger partial charge in [-0.2, -0.15) is 0 Å². The molecule has 0 unspecified atom stereocenters. The fourth-order valence-corrected chi connectivity index (χ4v) is 6.67. The largest absolute Gasteiger partial charge is 0.508 e. The number of allylic oxidation sites excluding steroid dienone is 3. The van der Waals surface area contributed by atoms with Crippen LogP contribution in [0.15, 0.2) is 74.3 Å². The Labute approximate surface area is 268 Å². The van der Waals surface area contributed by atoms with E-state index >= 15 is 0 Å². The molecule has 0 saturated heterocycles. The fourth-order valence-electron chi connectivity index (χ4n) is 6.41. The van der Waals surface area contributed by atoms with Gasteiger partial charge < -0.3 is 41.1 Å². The molecule has 242 valence electrons. The Morgan fingerprint density at radius 2 is 1.78 bits per heavy atom. The third-order valence-corrected chi connectivity index (χ3v) is 8.96. The number of aliphatic hydroxyl groups excluding tert-OH is 3. The molecule has 0 aliphatic heterocycles. The van der Waals surface area contributed by atoms with E-state index in [0.717, 1.165) is 4.47 Å². The number of halogens is 1. The molecular formula is C31H37BrN4O9. The van der Waals surface area contributed by atoms with Gasteiger partial charge in [-0.05, 0) is 74.3 Å². The van der Waals surface area contributed by atoms with Crippen LogP contribution in [0.3, 0.4) is 0 Å². The highest BCUT2D eigenvalue weighted by molar-refractivity contribution is 9.10. The number of hydrogen-bond donors (Lipinski definition) is 6. The van der Waals surface area contributed by atoms with Crippen molar-refractivity contribution >= 4 is 39.5 Å². The highest BCUT2D eigenvalue weighted by Gasteiger charge is 2.62. The molecule has 4 rings (SSSR count). The lowest BCUT2D eigenvalue weighted by Crippen LogP contribution is -2.62. The molecule has 0 bridgehead atoms. The molecule has 1 fully saturated rings. The van der Waals surface area contributed by atoms with Crippen LogP contribution in [0.25, 0.3) is 0 Å². The lowest BCUT2D eigenvalue weighted by Gasteiger charge is -2.50. The number of nitrogens with two attached hydrogens (primary N) is 1. The van der Waals surface area contributed by atoms with Crippen LogP contribution in [0.2, 0.25) is 0 Å². The number of rotatable bonds is 8. The van der Waals surface area contributed by atoms with Crippen LogP contribution in [-0.4, -0.2) is 107 Å². The van der Waals surface area contributed by atoms with Crippen molar-refractivity contribution in [1.29, 1.82) is 0 Å². The van der Waals surface area contributed by atoms with Crippen molar-refractivity contribution in [3.63, 3.8) is 0 Å². The summed E-state index contributed by atoms with van der Waals surface area (Å²) < 4.78 is 6.08. The van der Waals surface area contributed by atoms with E-state index in [1.807, 2.05) is 0 Å². The second-order valence-electron chi connectivity index (χ2n) is 11.8. The van der Waals surface area contributed by atoms with Gasteiger partial charge in [0.1, 0.15) is 22.8 Å². The Morgan fingerprint density at radius 3 is 2.33 bits per heavy atom. The van der Waals surface area contributed by atoms with Crippen molar-refractivity contribution in [3.05, 3.63) is 74.3 Å². The van der Waals surface area contributed by atoms with Crippen molar-refractivity contribution in [1.82, 2.24) is 15.1 Å². The summed E-state index contributed by atoms with van der Waals surface area (Å²) in [6.07, 6.45) is 1.06.